The lowest BCUT2D eigenvalue weighted by molar-refractivity contribution is 0.0905. The Morgan fingerprint density at radius 3 is 2.75 bits per heavy atom. The monoisotopic (exact) mass is 397 g/mol. The number of methoxy groups -OCH3 is 1. The first-order valence-electron chi connectivity index (χ1n) is 8.99. The Morgan fingerprint density at radius 1 is 1.29 bits per heavy atom. The Hall–Kier alpha value is -2.77. The van der Waals surface area contributed by atoms with E-state index in [-0.39, 0.29) is 22.3 Å². The van der Waals surface area contributed by atoms with Crippen LogP contribution >= 0.6 is 12.2 Å². The average molecular weight is 398 g/mol. The third-order valence-corrected chi connectivity index (χ3v) is 5.06. The number of fused-ring (bicyclic) bond motifs is 1. The summed E-state index contributed by atoms with van der Waals surface area (Å²) in [6.07, 6.45) is 0. The molecule has 1 amide bonds. The fourth-order valence-electron chi connectivity index (χ4n) is 3.15. The summed E-state index contributed by atoms with van der Waals surface area (Å²) in [7, 11) is 1.58. The number of amides is 1. The molecule has 0 spiro atoms. The molecule has 1 heterocycles. The summed E-state index contributed by atoms with van der Waals surface area (Å²) in [5.74, 6) is -0.232. The lowest BCUT2D eigenvalue weighted by atomic mass is 10.1. The molecule has 3 rings (SSSR count). The molecule has 1 atom stereocenters. The normalized spacial score (nSPS) is 12.1. The molecule has 0 bridgehead atoms. The Morgan fingerprint density at radius 2 is 2.04 bits per heavy atom. The number of aromatic amines is 1. The van der Waals surface area contributed by atoms with E-state index in [9.17, 15) is 9.59 Å². The highest BCUT2D eigenvalue weighted by Crippen LogP contribution is 2.18. The van der Waals surface area contributed by atoms with Crippen molar-refractivity contribution in [1.29, 1.82) is 0 Å². The van der Waals surface area contributed by atoms with Crippen LogP contribution < -0.4 is 10.9 Å². The van der Waals surface area contributed by atoms with Crippen LogP contribution in [0.3, 0.4) is 0 Å². The minimum atomic E-state index is -0.232. The summed E-state index contributed by atoms with van der Waals surface area (Å²) in [5.41, 5.74) is 3.59. The van der Waals surface area contributed by atoms with E-state index in [2.05, 4.69) is 10.3 Å². The lowest BCUT2D eigenvalue weighted by Crippen LogP contribution is -2.35. The molecule has 0 saturated heterocycles. The van der Waals surface area contributed by atoms with Gasteiger partial charge in [0, 0.05) is 18.7 Å². The third kappa shape index (κ3) is 3.76. The molecule has 0 radical (unpaired) electrons. The number of rotatable bonds is 5. The van der Waals surface area contributed by atoms with Crippen molar-refractivity contribution < 1.29 is 9.53 Å². The van der Waals surface area contributed by atoms with E-state index < -0.39 is 0 Å². The topological polar surface area (TPSA) is 76.1 Å². The Balaban J connectivity index is 2.09. The molecular formula is C21H23N3O3S. The first-order chi connectivity index (χ1) is 13.3. The predicted octanol–water partition coefficient (Wildman–Crippen LogP) is 3.43. The van der Waals surface area contributed by atoms with Crippen molar-refractivity contribution in [3.8, 4) is 5.69 Å². The summed E-state index contributed by atoms with van der Waals surface area (Å²) in [4.78, 5) is 28.6. The number of hydrogen-bond donors (Lipinski definition) is 2. The molecule has 0 saturated carbocycles. The first kappa shape index (κ1) is 20.0. The van der Waals surface area contributed by atoms with Crippen LogP contribution in [0.5, 0.6) is 0 Å². The molecule has 2 N–H and O–H groups in total. The number of hydrogen-bond acceptors (Lipinski definition) is 4. The van der Waals surface area contributed by atoms with E-state index in [1.54, 1.807) is 25.3 Å². The van der Waals surface area contributed by atoms with Crippen molar-refractivity contribution in [3.63, 3.8) is 0 Å². The SMILES string of the molecule is COCC(C)NC(=O)c1ccc2c(=O)n(-c3cccc(C)c3C)c(=S)[nH]c2c1. The van der Waals surface area contributed by atoms with Crippen LogP contribution in [0.2, 0.25) is 0 Å². The number of nitrogens with zero attached hydrogens (tertiary/aromatic N) is 1. The van der Waals surface area contributed by atoms with Gasteiger partial charge in [-0.15, -0.1) is 0 Å². The minimum Gasteiger partial charge on any atom is -0.383 e. The van der Waals surface area contributed by atoms with Crippen molar-refractivity contribution in [3.05, 3.63) is 68.2 Å². The zero-order valence-electron chi connectivity index (χ0n) is 16.3. The highest BCUT2D eigenvalue weighted by atomic mass is 32.1. The Labute approximate surface area is 168 Å². The van der Waals surface area contributed by atoms with Crippen molar-refractivity contribution in [2.24, 2.45) is 0 Å². The van der Waals surface area contributed by atoms with Gasteiger partial charge in [0.05, 0.1) is 23.2 Å². The molecule has 7 heteroatoms. The molecule has 0 aliphatic heterocycles. The van der Waals surface area contributed by atoms with E-state index in [1.807, 2.05) is 39.0 Å². The van der Waals surface area contributed by atoms with Crippen molar-refractivity contribution in [1.82, 2.24) is 14.9 Å². The van der Waals surface area contributed by atoms with Gasteiger partial charge in [-0.05, 0) is 68.4 Å². The van der Waals surface area contributed by atoms with Gasteiger partial charge in [-0.3, -0.25) is 14.2 Å². The van der Waals surface area contributed by atoms with Gasteiger partial charge in [-0.1, -0.05) is 12.1 Å². The first-order valence-corrected chi connectivity index (χ1v) is 9.39. The largest absolute Gasteiger partial charge is 0.383 e. The number of aromatic nitrogens is 2. The number of nitrogens with one attached hydrogen (secondary N) is 2. The summed E-state index contributed by atoms with van der Waals surface area (Å²) in [6.45, 7) is 6.24. The minimum absolute atomic E-state index is 0.121. The quantitative estimate of drug-likeness (QED) is 0.647. The van der Waals surface area contributed by atoms with Crippen LogP contribution in [-0.4, -0.2) is 35.2 Å². The average Bonchev–Trinajstić information content (AvgIpc) is 2.64. The van der Waals surface area contributed by atoms with E-state index in [4.69, 9.17) is 17.0 Å². The van der Waals surface area contributed by atoms with Crippen LogP contribution in [0.1, 0.15) is 28.4 Å². The number of carbonyl (C=O) groups excluding carboxylic acids is 1. The van der Waals surface area contributed by atoms with Gasteiger partial charge in [0.25, 0.3) is 11.5 Å². The Kier molecular flexibility index (Phi) is 5.76. The summed E-state index contributed by atoms with van der Waals surface area (Å²) >= 11 is 5.46. The molecule has 3 aromatic rings. The highest BCUT2D eigenvalue weighted by Gasteiger charge is 2.14. The third-order valence-electron chi connectivity index (χ3n) is 4.77. The molecular weight excluding hydrogens is 374 g/mol. The Bertz CT molecular complexity index is 1160. The number of H-pyrrole nitrogens is 1. The molecule has 2 aromatic carbocycles. The van der Waals surface area contributed by atoms with E-state index in [1.165, 1.54) is 4.57 Å². The number of carbonyl (C=O) groups is 1. The van der Waals surface area contributed by atoms with Gasteiger partial charge in [-0.2, -0.15) is 0 Å². The summed E-state index contributed by atoms with van der Waals surface area (Å²) in [6, 6.07) is 10.6. The summed E-state index contributed by atoms with van der Waals surface area (Å²) < 4.78 is 6.83. The number of ether oxygens (including phenoxy) is 1. The van der Waals surface area contributed by atoms with Gasteiger partial charge >= 0.3 is 0 Å². The lowest BCUT2D eigenvalue weighted by Gasteiger charge is -2.14. The van der Waals surface area contributed by atoms with E-state index in [0.29, 0.717) is 23.1 Å². The number of benzene rings is 2. The van der Waals surface area contributed by atoms with Crippen molar-refractivity contribution >= 4 is 29.0 Å². The van der Waals surface area contributed by atoms with Gasteiger partial charge in [-0.25, -0.2) is 0 Å². The second-order valence-electron chi connectivity index (χ2n) is 6.88. The van der Waals surface area contributed by atoms with Gasteiger partial charge < -0.3 is 15.0 Å². The smallest absolute Gasteiger partial charge is 0.266 e. The van der Waals surface area contributed by atoms with Crippen molar-refractivity contribution in [2.75, 3.05) is 13.7 Å². The van der Waals surface area contributed by atoms with Crippen LogP contribution in [0.15, 0.2) is 41.2 Å². The van der Waals surface area contributed by atoms with Gasteiger partial charge in [0.2, 0.25) is 0 Å². The van der Waals surface area contributed by atoms with E-state index >= 15 is 0 Å². The zero-order chi connectivity index (χ0) is 20.4. The van der Waals surface area contributed by atoms with Crippen LogP contribution in [0.25, 0.3) is 16.6 Å². The molecule has 6 nitrogen and oxygen atoms in total. The van der Waals surface area contributed by atoms with Crippen molar-refractivity contribution in [2.45, 2.75) is 26.8 Å². The van der Waals surface area contributed by atoms with Gasteiger partial charge in [0.1, 0.15) is 0 Å². The molecule has 0 aliphatic rings. The van der Waals surface area contributed by atoms with Crippen LogP contribution in [0.4, 0.5) is 0 Å². The summed E-state index contributed by atoms with van der Waals surface area (Å²) in [5, 5.41) is 3.32. The van der Waals surface area contributed by atoms with E-state index in [0.717, 1.165) is 16.8 Å². The maximum atomic E-state index is 13.1. The molecule has 0 aliphatic carbocycles. The highest BCUT2D eigenvalue weighted by molar-refractivity contribution is 7.71. The second-order valence-corrected chi connectivity index (χ2v) is 7.27. The fourth-order valence-corrected chi connectivity index (χ4v) is 3.45. The molecule has 28 heavy (non-hydrogen) atoms. The predicted molar refractivity (Wildman–Crippen MR) is 113 cm³/mol. The fraction of sp³-hybridized carbons (Fsp3) is 0.286. The zero-order valence-corrected chi connectivity index (χ0v) is 17.1. The molecule has 1 aromatic heterocycles. The maximum absolute atomic E-state index is 13.1. The standard InChI is InChI=1S/C21H23N3O3S/c1-12-6-5-7-18(14(12)3)24-20(26)16-9-8-15(10-17(16)23-21(24)28)19(25)22-13(2)11-27-4/h5-10,13H,11H2,1-4H3,(H,22,25)(H,23,28). The van der Waals surface area contributed by atoms with Crippen LogP contribution in [0, 0.1) is 18.6 Å². The molecule has 146 valence electrons. The maximum Gasteiger partial charge on any atom is 0.266 e. The van der Waals surface area contributed by atoms with Crippen LogP contribution in [-0.2, 0) is 4.74 Å². The number of aryl methyl sites for hydroxylation is 1. The molecule has 0 fully saturated rings. The van der Waals surface area contributed by atoms with Gasteiger partial charge in [0.15, 0.2) is 4.77 Å². The second kappa shape index (κ2) is 8.08. The molecule has 1 unspecified atom stereocenters.